The number of likely N-dealkylation sites (tertiary alicyclic amines) is 1. The Morgan fingerprint density at radius 2 is 1.90 bits per heavy atom. The number of piperidine rings is 1. The average Bonchev–Trinajstić information content (AvgIpc) is 3.00. The van der Waals surface area contributed by atoms with Gasteiger partial charge in [-0.15, -0.1) is 0 Å². The fraction of sp³-hybridized carbons (Fsp3) is 0.625. The first-order chi connectivity index (χ1) is 10.2. The minimum absolute atomic E-state index is 0.406. The first-order valence-corrected chi connectivity index (χ1v) is 8.17. The summed E-state index contributed by atoms with van der Waals surface area (Å²) in [5, 5.41) is 9.43. The molecule has 3 rings (SSSR count). The number of rotatable bonds is 3. The van der Waals surface area contributed by atoms with Gasteiger partial charge in [-0.05, 0) is 56.8 Å². The van der Waals surface area contributed by atoms with E-state index in [1.807, 2.05) is 6.07 Å². The molecule has 0 radical (unpaired) electrons. The van der Waals surface area contributed by atoms with E-state index < -0.39 is 0 Å². The summed E-state index contributed by atoms with van der Waals surface area (Å²) in [7, 11) is 0. The SMILES string of the molecule is N#Cc1cc(Cl)nc(N2CCC(CN3CCCC3)CC2)c1. The summed E-state index contributed by atoms with van der Waals surface area (Å²) in [5.41, 5.74) is 0.587. The van der Waals surface area contributed by atoms with E-state index in [9.17, 15) is 0 Å². The molecule has 2 saturated heterocycles. The molecule has 5 heteroatoms. The van der Waals surface area contributed by atoms with Gasteiger partial charge in [0.25, 0.3) is 0 Å². The predicted molar refractivity (Wildman–Crippen MR) is 84.6 cm³/mol. The smallest absolute Gasteiger partial charge is 0.132 e. The Bertz CT molecular complexity index is 526. The van der Waals surface area contributed by atoms with E-state index in [0.29, 0.717) is 10.7 Å². The third-order valence-electron chi connectivity index (χ3n) is 4.56. The van der Waals surface area contributed by atoms with Crippen LogP contribution in [0.25, 0.3) is 0 Å². The standard InChI is InChI=1S/C16H21ClN4/c17-15-9-14(11-18)10-16(19-15)21-7-3-13(4-8-21)12-20-5-1-2-6-20/h9-10,13H,1-8,12H2. The van der Waals surface area contributed by atoms with Crippen molar-refractivity contribution in [1.29, 1.82) is 5.26 Å². The van der Waals surface area contributed by atoms with E-state index in [1.54, 1.807) is 6.07 Å². The normalized spacial score (nSPS) is 20.7. The lowest BCUT2D eigenvalue weighted by molar-refractivity contribution is 0.249. The second-order valence-electron chi connectivity index (χ2n) is 6.09. The summed E-state index contributed by atoms with van der Waals surface area (Å²) in [6, 6.07) is 5.60. The lowest BCUT2D eigenvalue weighted by atomic mass is 9.96. The molecular formula is C16H21ClN4. The van der Waals surface area contributed by atoms with Crippen molar-refractivity contribution in [3.63, 3.8) is 0 Å². The van der Waals surface area contributed by atoms with Crippen molar-refractivity contribution in [1.82, 2.24) is 9.88 Å². The molecule has 4 nitrogen and oxygen atoms in total. The van der Waals surface area contributed by atoms with Crippen LogP contribution in [0.4, 0.5) is 5.82 Å². The molecule has 3 heterocycles. The van der Waals surface area contributed by atoms with E-state index >= 15 is 0 Å². The molecule has 0 aliphatic carbocycles. The van der Waals surface area contributed by atoms with E-state index in [-0.39, 0.29) is 0 Å². The van der Waals surface area contributed by atoms with Gasteiger partial charge in [0.05, 0.1) is 11.6 Å². The number of hydrogen-bond donors (Lipinski definition) is 0. The van der Waals surface area contributed by atoms with Crippen molar-refractivity contribution >= 4 is 17.4 Å². The molecule has 0 aromatic carbocycles. The molecule has 112 valence electrons. The maximum absolute atomic E-state index is 9.03. The van der Waals surface area contributed by atoms with Crippen LogP contribution in [0.3, 0.4) is 0 Å². The number of nitrogens with zero attached hydrogens (tertiary/aromatic N) is 4. The molecule has 0 unspecified atom stereocenters. The van der Waals surface area contributed by atoms with Gasteiger partial charge >= 0.3 is 0 Å². The summed E-state index contributed by atoms with van der Waals surface area (Å²) >= 11 is 5.99. The van der Waals surface area contributed by atoms with Crippen molar-refractivity contribution in [2.24, 2.45) is 5.92 Å². The zero-order valence-electron chi connectivity index (χ0n) is 12.3. The summed E-state index contributed by atoms with van der Waals surface area (Å²) in [4.78, 5) is 9.22. The average molecular weight is 305 g/mol. The van der Waals surface area contributed by atoms with E-state index in [2.05, 4.69) is 20.9 Å². The first-order valence-electron chi connectivity index (χ1n) is 7.79. The minimum Gasteiger partial charge on any atom is -0.357 e. The molecule has 0 N–H and O–H groups in total. The molecule has 2 fully saturated rings. The number of anilines is 1. The van der Waals surface area contributed by atoms with Gasteiger partial charge in [-0.3, -0.25) is 0 Å². The van der Waals surface area contributed by atoms with Gasteiger partial charge in [0.2, 0.25) is 0 Å². The maximum Gasteiger partial charge on any atom is 0.132 e. The highest BCUT2D eigenvalue weighted by atomic mass is 35.5. The zero-order chi connectivity index (χ0) is 14.7. The molecule has 1 aromatic heterocycles. The van der Waals surface area contributed by atoms with Crippen LogP contribution in [0.2, 0.25) is 5.15 Å². The molecule has 2 aliphatic heterocycles. The Balaban J connectivity index is 1.58. The van der Waals surface area contributed by atoms with E-state index in [0.717, 1.165) is 24.8 Å². The van der Waals surface area contributed by atoms with Crippen LogP contribution >= 0.6 is 11.6 Å². The Morgan fingerprint density at radius 3 is 2.57 bits per heavy atom. The van der Waals surface area contributed by atoms with Crippen molar-refractivity contribution in [2.45, 2.75) is 25.7 Å². The Labute approximate surface area is 131 Å². The van der Waals surface area contributed by atoms with Crippen LogP contribution in [-0.4, -0.2) is 42.6 Å². The molecule has 0 atom stereocenters. The summed E-state index contributed by atoms with van der Waals surface area (Å²) in [6.07, 6.45) is 5.13. The molecular weight excluding hydrogens is 284 g/mol. The lowest BCUT2D eigenvalue weighted by Crippen LogP contribution is -2.38. The topological polar surface area (TPSA) is 43.2 Å². The van der Waals surface area contributed by atoms with Gasteiger partial charge in [0, 0.05) is 19.6 Å². The fourth-order valence-corrected chi connectivity index (χ4v) is 3.59. The van der Waals surface area contributed by atoms with Crippen molar-refractivity contribution in [2.75, 3.05) is 37.6 Å². The Kier molecular flexibility index (Phi) is 4.62. The predicted octanol–water partition coefficient (Wildman–Crippen LogP) is 2.92. The fourth-order valence-electron chi connectivity index (χ4n) is 3.38. The quantitative estimate of drug-likeness (QED) is 0.805. The number of hydrogen-bond acceptors (Lipinski definition) is 4. The summed E-state index contributed by atoms with van der Waals surface area (Å²) in [5.74, 6) is 1.65. The van der Waals surface area contributed by atoms with Crippen molar-refractivity contribution in [3.8, 4) is 6.07 Å². The van der Waals surface area contributed by atoms with Gasteiger partial charge < -0.3 is 9.80 Å². The molecule has 21 heavy (non-hydrogen) atoms. The number of halogens is 1. The molecule has 0 saturated carbocycles. The molecule has 2 aliphatic rings. The van der Waals surface area contributed by atoms with Gasteiger partial charge in [-0.2, -0.15) is 5.26 Å². The van der Waals surface area contributed by atoms with Gasteiger partial charge in [0.15, 0.2) is 0 Å². The number of nitriles is 1. The summed E-state index contributed by atoms with van der Waals surface area (Å²) < 4.78 is 0. The second kappa shape index (κ2) is 6.64. The van der Waals surface area contributed by atoms with Gasteiger partial charge in [0.1, 0.15) is 11.0 Å². The highest BCUT2D eigenvalue weighted by molar-refractivity contribution is 6.29. The van der Waals surface area contributed by atoms with Gasteiger partial charge in [-0.1, -0.05) is 11.6 Å². The Morgan fingerprint density at radius 1 is 1.19 bits per heavy atom. The third-order valence-corrected chi connectivity index (χ3v) is 4.76. The second-order valence-corrected chi connectivity index (χ2v) is 6.47. The van der Waals surface area contributed by atoms with Crippen molar-refractivity contribution < 1.29 is 0 Å². The number of aromatic nitrogens is 1. The largest absolute Gasteiger partial charge is 0.357 e. The number of pyridine rings is 1. The van der Waals surface area contributed by atoms with E-state index in [4.69, 9.17) is 16.9 Å². The van der Waals surface area contributed by atoms with Crippen LogP contribution in [0, 0.1) is 17.2 Å². The van der Waals surface area contributed by atoms with Crippen LogP contribution in [0.5, 0.6) is 0 Å². The first kappa shape index (κ1) is 14.6. The maximum atomic E-state index is 9.03. The summed E-state index contributed by atoms with van der Waals surface area (Å²) in [6.45, 7) is 5.83. The zero-order valence-corrected chi connectivity index (χ0v) is 13.0. The molecule has 0 amide bonds. The minimum atomic E-state index is 0.406. The molecule has 1 aromatic rings. The highest BCUT2D eigenvalue weighted by Gasteiger charge is 2.23. The van der Waals surface area contributed by atoms with Crippen LogP contribution < -0.4 is 4.90 Å². The molecule has 0 spiro atoms. The van der Waals surface area contributed by atoms with Crippen LogP contribution in [0.1, 0.15) is 31.2 Å². The lowest BCUT2D eigenvalue weighted by Gasteiger charge is -2.34. The van der Waals surface area contributed by atoms with Crippen LogP contribution in [-0.2, 0) is 0 Å². The molecule has 0 bridgehead atoms. The monoisotopic (exact) mass is 304 g/mol. The van der Waals surface area contributed by atoms with Crippen molar-refractivity contribution in [3.05, 3.63) is 22.8 Å². The van der Waals surface area contributed by atoms with E-state index in [1.165, 1.54) is 45.3 Å². The third kappa shape index (κ3) is 3.66. The van der Waals surface area contributed by atoms with Crippen LogP contribution in [0.15, 0.2) is 12.1 Å². The highest BCUT2D eigenvalue weighted by Crippen LogP contribution is 2.25. The van der Waals surface area contributed by atoms with Gasteiger partial charge in [-0.25, -0.2) is 4.98 Å². The Hall–Kier alpha value is -1.31.